The van der Waals surface area contributed by atoms with Crippen LogP contribution in [0.5, 0.6) is 5.75 Å². The van der Waals surface area contributed by atoms with E-state index in [1.165, 1.54) is 17.4 Å². The van der Waals surface area contributed by atoms with Crippen LogP contribution >= 0.6 is 11.8 Å². The summed E-state index contributed by atoms with van der Waals surface area (Å²) in [7, 11) is 1.64. The number of hydrogen-bond donors (Lipinski definition) is 1. The Balaban J connectivity index is 1.34. The Labute approximate surface area is 192 Å². The smallest absolute Gasteiger partial charge is 0.233 e. The fourth-order valence-corrected chi connectivity index (χ4v) is 4.69. The van der Waals surface area contributed by atoms with Crippen molar-refractivity contribution in [1.82, 2.24) is 14.5 Å². The molecule has 1 saturated heterocycles. The number of hydrogen-bond acceptors (Lipinski definition) is 6. The zero-order valence-corrected chi connectivity index (χ0v) is 19.0. The van der Waals surface area contributed by atoms with Gasteiger partial charge in [0.25, 0.3) is 0 Å². The normalized spacial score (nSPS) is 13.9. The van der Waals surface area contributed by atoms with Crippen LogP contribution in [0.3, 0.4) is 0 Å². The molecule has 3 aromatic rings. The number of para-hydroxylation sites is 1. The molecule has 1 aliphatic rings. The highest BCUT2D eigenvalue weighted by molar-refractivity contribution is 7.99. The second kappa shape index (κ2) is 10.6. The molecule has 0 atom stereocenters. The first kappa shape index (κ1) is 22.2. The number of carbonyl (C=O) groups excluding carboxylic acids is 1. The highest BCUT2D eigenvalue weighted by atomic mass is 32.2. The third kappa shape index (κ3) is 5.26. The number of anilines is 1. The highest BCUT2D eigenvalue weighted by Gasteiger charge is 2.22. The monoisotopic (exact) mass is 452 g/mol. The summed E-state index contributed by atoms with van der Waals surface area (Å²) in [6.45, 7) is 3.58. The Morgan fingerprint density at radius 1 is 1.06 bits per heavy atom. The predicted octanol–water partition coefficient (Wildman–Crippen LogP) is 2.87. The Morgan fingerprint density at radius 3 is 2.44 bits per heavy atom. The van der Waals surface area contributed by atoms with Gasteiger partial charge in [0.1, 0.15) is 5.75 Å². The largest absolute Gasteiger partial charge is 0.497 e. The predicted molar refractivity (Wildman–Crippen MR) is 126 cm³/mol. The number of ether oxygens (including phenoxy) is 1. The van der Waals surface area contributed by atoms with Gasteiger partial charge in [-0.2, -0.15) is 0 Å². The Morgan fingerprint density at radius 2 is 1.78 bits per heavy atom. The first-order chi connectivity index (χ1) is 15.7. The van der Waals surface area contributed by atoms with E-state index in [0.717, 1.165) is 48.3 Å². The van der Waals surface area contributed by atoms with E-state index >= 15 is 0 Å². The molecule has 1 aromatic heterocycles. The van der Waals surface area contributed by atoms with Gasteiger partial charge >= 0.3 is 0 Å². The van der Waals surface area contributed by atoms with Crippen molar-refractivity contribution in [3.63, 3.8) is 0 Å². The molecule has 7 nitrogen and oxygen atoms in total. The average Bonchev–Trinajstić information content (AvgIpc) is 3.25. The van der Waals surface area contributed by atoms with Gasteiger partial charge in [-0.3, -0.25) is 4.79 Å². The zero-order chi connectivity index (χ0) is 22.3. The number of piperazine rings is 1. The standard InChI is InChI=1S/C24H28N4O3S/c1-31-22-9-7-19(8-10-22)16-28-21(17-29)15-25-24(28)32-18-23(30)27-13-11-26(12-14-27)20-5-3-2-4-6-20/h2-10,15,29H,11-14,16-18H2,1H3. The minimum atomic E-state index is -0.0981. The highest BCUT2D eigenvalue weighted by Crippen LogP contribution is 2.23. The van der Waals surface area contributed by atoms with E-state index in [0.29, 0.717) is 12.3 Å². The van der Waals surface area contributed by atoms with Crippen LogP contribution in [0.4, 0.5) is 5.69 Å². The van der Waals surface area contributed by atoms with Gasteiger partial charge in [-0.1, -0.05) is 42.1 Å². The lowest BCUT2D eigenvalue weighted by Gasteiger charge is -2.36. The van der Waals surface area contributed by atoms with E-state index in [4.69, 9.17) is 4.74 Å². The number of aliphatic hydroxyl groups is 1. The van der Waals surface area contributed by atoms with E-state index in [9.17, 15) is 9.90 Å². The van der Waals surface area contributed by atoms with Gasteiger partial charge in [0.15, 0.2) is 5.16 Å². The fraction of sp³-hybridized carbons (Fsp3) is 0.333. The van der Waals surface area contributed by atoms with Gasteiger partial charge in [0.2, 0.25) is 5.91 Å². The van der Waals surface area contributed by atoms with E-state index in [-0.39, 0.29) is 12.5 Å². The molecule has 168 valence electrons. The lowest BCUT2D eigenvalue weighted by Crippen LogP contribution is -2.49. The summed E-state index contributed by atoms with van der Waals surface area (Å²) >= 11 is 1.42. The second-order valence-corrected chi connectivity index (χ2v) is 8.56. The summed E-state index contributed by atoms with van der Waals surface area (Å²) in [5.74, 6) is 1.25. The van der Waals surface area contributed by atoms with Crippen LogP contribution in [-0.4, -0.2) is 64.5 Å². The number of methoxy groups -OCH3 is 1. The first-order valence-corrected chi connectivity index (χ1v) is 11.6. The summed E-state index contributed by atoms with van der Waals surface area (Å²) in [6.07, 6.45) is 1.68. The molecule has 1 N–H and O–H groups in total. The van der Waals surface area contributed by atoms with Crippen LogP contribution in [0.2, 0.25) is 0 Å². The Bertz CT molecular complexity index is 1020. The van der Waals surface area contributed by atoms with Crippen LogP contribution in [0.15, 0.2) is 66.0 Å². The number of benzene rings is 2. The lowest BCUT2D eigenvalue weighted by molar-refractivity contribution is -0.128. The molecule has 1 fully saturated rings. The van der Waals surface area contributed by atoms with Crippen molar-refractivity contribution in [3.05, 3.63) is 72.1 Å². The van der Waals surface area contributed by atoms with Crippen molar-refractivity contribution >= 4 is 23.4 Å². The maximum Gasteiger partial charge on any atom is 0.233 e. The topological polar surface area (TPSA) is 70.8 Å². The fourth-order valence-electron chi connectivity index (χ4n) is 3.79. The number of nitrogens with zero attached hydrogens (tertiary/aromatic N) is 4. The number of rotatable bonds is 8. The van der Waals surface area contributed by atoms with Gasteiger partial charge in [-0.25, -0.2) is 4.98 Å². The number of imidazole rings is 1. The third-order valence-electron chi connectivity index (χ3n) is 5.64. The van der Waals surface area contributed by atoms with Crippen LogP contribution in [0.1, 0.15) is 11.3 Å². The molecular formula is C24H28N4O3S. The molecule has 2 heterocycles. The summed E-state index contributed by atoms with van der Waals surface area (Å²) in [6, 6.07) is 18.1. The van der Waals surface area contributed by atoms with E-state index in [2.05, 4.69) is 22.0 Å². The second-order valence-electron chi connectivity index (χ2n) is 7.62. The summed E-state index contributed by atoms with van der Waals surface area (Å²) < 4.78 is 7.18. The zero-order valence-electron chi connectivity index (χ0n) is 18.2. The van der Waals surface area contributed by atoms with Crippen LogP contribution in [-0.2, 0) is 17.9 Å². The van der Waals surface area contributed by atoms with Crippen LogP contribution in [0.25, 0.3) is 0 Å². The van der Waals surface area contributed by atoms with Gasteiger partial charge in [-0.05, 0) is 29.8 Å². The van der Waals surface area contributed by atoms with Crippen molar-refractivity contribution in [2.45, 2.75) is 18.3 Å². The van der Waals surface area contributed by atoms with Crippen molar-refractivity contribution in [1.29, 1.82) is 0 Å². The van der Waals surface area contributed by atoms with Gasteiger partial charge in [-0.15, -0.1) is 0 Å². The molecule has 2 aromatic carbocycles. The average molecular weight is 453 g/mol. The number of thioether (sulfide) groups is 1. The molecule has 32 heavy (non-hydrogen) atoms. The lowest BCUT2D eigenvalue weighted by atomic mass is 10.2. The van der Waals surface area contributed by atoms with Gasteiger partial charge in [0, 0.05) is 38.4 Å². The maximum atomic E-state index is 12.8. The van der Waals surface area contributed by atoms with Crippen LogP contribution < -0.4 is 9.64 Å². The molecule has 8 heteroatoms. The molecule has 0 aliphatic carbocycles. The molecule has 1 amide bonds. The Kier molecular flexibility index (Phi) is 7.34. The number of carbonyl (C=O) groups is 1. The van der Waals surface area contributed by atoms with Crippen molar-refractivity contribution in [3.8, 4) is 5.75 Å². The van der Waals surface area contributed by atoms with Crippen molar-refractivity contribution in [2.75, 3.05) is 43.9 Å². The van der Waals surface area contributed by atoms with E-state index in [1.807, 2.05) is 51.9 Å². The number of aromatic nitrogens is 2. The molecule has 0 saturated carbocycles. The summed E-state index contributed by atoms with van der Waals surface area (Å²) in [5.41, 5.74) is 3.00. The Hall–Kier alpha value is -2.97. The molecule has 0 bridgehead atoms. The van der Waals surface area contributed by atoms with E-state index < -0.39 is 0 Å². The minimum absolute atomic E-state index is 0.0981. The first-order valence-electron chi connectivity index (χ1n) is 10.7. The molecule has 1 aliphatic heterocycles. The molecular weight excluding hydrogens is 424 g/mol. The quantitative estimate of drug-likeness (QED) is 0.530. The molecule has 0 radical (unpaired) electrons. The molecule has 0 spiro atoms. The van der Waals surface area contributed by atoms with Crippen molar-refractivity contribution < 1.29 is 14.6 Å². The number of amides is 1. The summed E-state index contributed by atoms with van der Waals surface area (Å²) in [4.78, 5) is 21.5. The van der Waals surface area contributed by atoms with Gasteiger partial charge < -0.3 is 24.2 Å². The van der Waals surface area contributed by atoms with Crippen molar-refractivity contribution in [2.24, 2.45) is 0 Å². The summed E-state index contributed by atoms with van der Waals surface area (Å²) in [5, 5.41) is 10.5. The third-order valence-corrected chi connectivity index (χ3v) is 6.62. The minimum Gasteiger partial charge on any atom is -0.497 e. The molecule has 0 unspecified atom stereocenters. The van der Waals surface area contributed by atoms with Crippen LogP contribution in [0, 0.1) is 0 Å². The van der Waals surface area contributed by atoms with Gasteiger partial charge in [0.05, 0.1) is 31.4 Å². The van der Waals surface area contributed by atoms with E-state index in [1.54, 1.807) is 13.3 Å². The SMILES string of the molecule is COc1ccc(Cn2c(CO)cnc2SCC(=O)N2CCN(c3ccccc3)CC2)cc1. The maximum absolute atomic E-state index is 12.8. The molecule has 4 rings (SSSR count). The number of aliphatic hydroxyl groups excluding tert-OH is 1.